The van der Waals surface area contributed by atoms with Gasteiger partial charge in [-0.3, -0.25) is 4.79 Å². The molecule has 1 saturated heterocycles. The summed E-state index contributed by atoms with van der Waals surface area (Å²) in [7, 11) is 0. The molecule has 0 radical (unpaired) electrons. The van der Waals surface area contributed by atoms with E-state index in [0.29, 0.717) is 29.7 Å². The van der Waals surface area contributed by atoms with Crippen LogP contribution in [0.25, 0.3) is 0 Å². The number of amides is 1. The summed E-state index contributed by atoms with van der Waals surface area (Å²) in [5.74, 6) is 1.35. The number of nitrogens with one attached hydrogen (secondary N) is 1. The standard InChI is InChI=1S/C19H23ClN4O2/c1-2-12-26-16-8-4-3-7-15(16)21-19(25)14-6-5-11-24(13-14)18-10-9-17(20)22-23-18/h3-4,7-10,14H,2,5-6,11-13H2,1H3,(H,21,25). The second-order valence-electron chi connectivity index (χ2n) is 6.33. The van der Waals surface area contributed by atoms with Gasteiger partial charge in [0.15, 0.2) is 11.0 Å². The van der Waals surface area contributed by atoms with Crippen LogP contribution < -0.4 is 15.0 Å². The molecule has 3 rings (SSSR count). The number of aromatic nitrogens is 2. The van der Waals surface area contributed by atoms with Crippen LogP contribution in [-0.2, 0) is 4.79 Å². The molecular formula is C19H23ClN4O2. The van der Waals surface area contributed by atoms with Gasteiger partial charge in [-0.15, -0.1) is 10.2 Å². The second kappa shape index (κ2) is 8.85. The molecule has 0 aliphatic carbocycles. The van der Waals surface area contributed by atoms with E-state index in [1.807, 2.05) is 30.3 Å². The minimum Gasteiger partial charge on any atom is -0.491 e. The first kappa shape index (κ1) is 18.5. The largest absolute Gasteiger partial charge is 0.491 e. The Hall–Kier alpha value is -2.34. The maximum atomic E-state index is 12.8. The van der Waals surface area contributed by atoms with Crippen LogP contribution in [0.3, 0.4) is 0 Å². The van der Waals surface area contributed by atoms with Crippen LogP contribution >= 0.6 is 11.6 Å². The van der Waals surface area contributed by atoms with Gasteiger partial charge in [0.05, 0.1) is 18.2 Å². The van der Waals surface area contributed by atoms with Crippen LogP contribution in [0.1, 0.15) is 26.2 Å². The number of hydrogen-bond acceptors (Lipinski definition) is 5. The number of ether oxygens (including phenoxy) is 1. The number of hydrogen-bond donors (Lipinski definition) is 1. The van der Waals surface area contributed by atoms with Gasteiger partial charge in [-0.05, 0) is 43.5 Å². The Morgan fingerprint density at radius 3 is 2.92 bits per heavy atom. The molecule has 1 unspecified atom stereocenters. The zero-order valence-corrected chi connectivity index (χ0v) is 15.6. The van der Waals surface area contributed by atoms with Crippen molar-refractivity contribution in [2.75, 3.05) is 29.9 Å². The van der Waals surface area contributed by atoms with Crippen LogP contribution in [0.15, 0.2) is 36.4 Å². The highest BCUT2D eigenvalue weighted by atomic mass is 35.5. The SMILES string of the molecule is CCCOc1ccccc1NC(=O)C1CCCN(c2ccc(Cl)nn2)C1. The Kier molecular flexibility index (Phi) is 6.28. The van der Waals surface area contributed by atoms with Crippen LogP contribution in [0.2, 0.25) is 5.15 Å². The molecule has 7 heteroatoms. The molecule has 1 amide bonds. The fourth-order valence-electron chi connectivity index (χ4n) is 3.02. The number of rotatable bonds is 6. The van der Waals surface area contributed by atoms with E-state index < -0.39 is 0 Å². The number of piperidine rings is 1. The molecule has 1 atom stereocenters. The highest BCUT2D eigenvalue weighted by molar-refractivity contribution is 6.29. The predicted molar refractivity (Wildman–Crippen MR) is 103 cm³/mol. The van der Waals surface area contributed by atoms with Crippen LogP contribution in [0, 0.1) is 5.92 Å². The Morgan fingerprint density at radius 1 is 1.31 bits per heavy atom. The molecule has 1 N–H and O–H groups in total. The molecule has 0 bridgehead atoms. The first-order valence-corrected chi connectivity index (χ1v) is 9.32. The van der Waals surface area contributed by atoms with Crippen molar-refractivity contribution in [2.45, 2.75) is 26.2 Å². The summed E-state index contributed by atoms with van der Waals surface area (Å²) < 4.78 is 5.72. The highest BCUT2D eigenvalue weighted by Gasteiger charge is 2.27. The third-order valence-corrected chi connectivity index (χ3v) is 4.54. The molecule has 2 heterocycles. The van der Waals surface area contributed by atoms with Crippen LogP contribution in [-0.4, -0.2) is 35.8 Å². The zero-order chi connectivity index (χ0) is 18.4. The molecule has 1 aliphatic heterocycles. The average molecular weight is 375 g/mol. The first-order valence-electron chi connectivity index (χ1n) is 8.94. The quantitative estimate of drug-likeness (QED) is 0.833. The van der Waals surface area contributed by atoms with Gasteiger partial charge in [0.25, 0.3) is 0 Å². The highest BCUT2D eigenvalue weighted by Crippen LogP contribution is 2.27. The van der Waals surface area contributed by atoms with Crippen molar-refractivity contribution in [3.05, 3.63) is 41.6 Å². The van der Waals surface area contributed by atoms with E-state index in [0.717, 1.165) is 31.6 Å². The molecule has 0 spiro atoms. The normalized spacial score (nSPS) is 17.0. The lowest BCUT2D eigenvalue weighted by atomic mass is 9.97. The van der Waals surface area contributed by atoms with Crippen LogP contribution in [0.4, 0.5) is 11.5 Å². The predicted octanol–water partition coefficient (Wildman–Crippen LogP) is 3.77. The Balaban J connectivity index is 1.65. The van der Waals surface area contributed by atoms with Gasteiger partial charge in [0, 0.05) is 13.1 Å². The second-order valence-corrected chi connectivity index (χ2v) is 6.72. The van der Waals surface area contributed by atoms with E-state index in [1.54, 1.807) is 6.07 Å². The van der Waals surface area contributed by atoms with Gasteiger partial charge in [-0.25, -0.2) is 0 Å². The molecule has 1 aromatic heterocycles. The number of benzene rings is 1. The molecular weight excluding hydrogens is 352 g/mol. The average Bonchev–Trinajstić information content (AvgIpc) is 2.68. The number of carbonyl (C=O) groups excluding carboxylic acids is 1. The molecule has 1 aliphatic rings. The Labute approximate surface area is 158 Å². The van der Waals surface area contributed by atoms with E-state index >= 15 is 0 Å². The van der Waals surface area contributed by atoms with Crippen molar-refractivity contribution in [1.82, 2.24) is 10.2 Å². The molecule has 2 aromatic rings. The van der Waals surface area contributed by atoms with Crippen molar-refractivity contribution in [2.24, 2.45) is 5.92 Å². The topological polar surface area (TPSA) is 67.3 Å². The van der Waals surface area contributed by atoms with Gasteiger partial charge < -0.3 is 15.0 Å². The molecule has 1 aromatic carbocycles. The zero-order valence-electron chi connectivity index (χ0n) is 14.8. The van der Waals surface area contributed by atoms with E-state index in [2.05, 4.69) is 27.3 Å². The van der Waals surface area contributed by atoms with Crippen molar-refractivity contribution < 1.29 is 9.53 Å². The van der Waals surface area contributed by atoms with E-state index in [9.17, 15) is 4.79 Å². The summed E-state index contributed by atoms with van der Waals surface area (Å²) in [6.45, 7) is 4.15. The first-order chi connectivity index (χ1) is 12.7. The van der Waals surface area contributed by atoms with Crippen molar-refractivity contribution in [1.29, 1.82) is 0 Å². The third-order valence-electron chi connectivity index (χ3n) is 4.34. The van der Waals surface area contributed by atoms with Gasteiger partial charge in [0.1, 0.15) is 5.75 Å². The van der Waals surface area contributed by atoms with Crippen LogP contribution in [0.5, 0.6) is 5.75 Å². The molecule has 1 fully saturated rings. The summed E-state index contributed by atoms with van der Waals surface area (Å²) in [6.07, 6.45) is 2.69. The maximum absolute atomic E-state index is 12.8. The maximum Gasteiger partial charge on any atom is 0.229 e. The molecule has 138 valence electrons. The summed E-state index contributed by atoms with van der Waals surface area (Å²) in [5.41, 5.74) is 0.717. The minimum atomic E-state index is -0.111. The lowest BCUT2D eigenvalue weighted by Crippen LogP contribution is -2.41. The summed E-state index contributed by atoms with van der Waals surface area (Å²) in [5, 5.41) is 11.4. The monoisotopic (exact) mass is 374 g/mol. The number of anilines is 2. The molecule has 26 heavy (non-hydrogen) atoms. The van der Waals surface area contributed by atoms with Gasteiger partial charge in [0.2, 0.25) is 5.91 Å². The number of nitrogens with zero attached hydrogens (tertiary/aromatic N) is 3. The lowest BCUT2D eigenvalue weighted by molar-refractivity contribution is -0.120. The van der Waals surface area contributed by atoms with Crippen molar-refractivity contribution >= 4 is 29.0 Å². The van der Waals surface area contributed by atoms with E-state index in [4.69, 9.17) is 16.3 Å². The van der Waals surface area contributed by atoms with Crippen molar-refractivity contribution in [3.63, 3.8) is 0 Å². The number of para-hydroxylation sites is 2. The lowest BCUT2D eigenvalue weighted by Gasteiger charge is -2.32. The molecule has 6 nitrogen and oxygen atoms in total. The summed E-state index contributed by atoms with van der Waals surface area (Å²) >= 11 is 5.80. The van der Waals surface area contributed by atoms with Gasteiger partial charge >= 0.3 is 0 Å². The fourth-order valence-corrected chi connectivity index (χ4v) is 3.12. The van der Waals surface area contributed by atoms with Gasteiger partial charge in [-0.1, -0.05) is 30.7 Å². The van der Waals surface area contributed by atoms with E-state index in [-0.39, 0.29) is 11.8 Å². The van der Waals surface area contributed by atoms with Gasteiger partial charge in [-0.2, -0.15) is 0 Å². The number of carbonyl (C=O) groups is 1. The summed E-state index contributed by atoms with van der Waals surface area (Å²) in [4.78, 5) is 14.9. The Morgan fingerprint density at radius 2 is 2.15 bits per heavy atom. The fraction of sp³-hybridized carbons (Fsp3) is 0.421. The minimum absolute atomic E-state index is 0.00386. The van der Waals surface area contributed by atoms with Crippen molar-refractivity contribution in [3.8, 4) is 5.75 Å². The third kappa shape index (κ3) is 4.64. The Bertz CT molecular complexity index is 739. The molecule has 0 saturated carbocycles. The number of halogens is 1. The van der Waals surface area contributed by atoms with E-state index in [1.165, 1.54) is 0 Å². The smallest absolute Gasteiger partial charge is 0.229 e. The summed E-state index contributed by atoms with van der Waals surface area (Å²) in [6, 6.07) is 11.1.